The largest absolute Gasteiger partial charge is 0.491 e. The van der Waals surface area contributed by atoms with E-state index in [0.29, 0.717) is 10.5 Å². The van der Waals surface area contributed by atoms with Crippen LogP contribution < -0.4 is 0 Å². The first-order chi connectivity index (χ1) is 6.95. The molecule has 1 rings (SSSR count). The minimum atomic E-state index is -0.216. The second-order valence-corrected chi connectivity index (χ2v) is 5.56. The van der Waals surface area contributed by atoms with E-state index in [1.165, 1.54) is 0 Å². The molecule has 4 heteroatoms. The van der Waals surface area contributed by atoms with Crippen molar-refractivity contribution < 1.29 is 14.3 Å². The molecule has 3 nitrogen and oxygen atoms in total. The number of hydrogen-bond donors (Lipinski definition) is 0. The molecule has 0 aromatic rings. The molecule has 1 atom stereocenters. The second kappa shape index (κ2) is 5.18. The monoisotopic (exact) mass is 324 g/mol. The van der Waals surface area contributed by atoms with Crippen molar-refractivity contribution >= 4 is 28.6 Å². The zero-order valence-electron chi connectivity index (χ0n) is 9.38. The van der Waals surface area contributed by atoms with Gasteiger partial charge in [0.25, 0.3) is 0 Å². The molecule has 1 unspecified atom stereocenters. The predicted molar refractivity (Wildman–Crippen MR) is 66.9 cm³/mol. The molecule has 0 aromatic heterocycles. The number of halogens is 1. The van der Waals surface area contributed by atoms with Gasteiger partial charge in [-0.15, -0.1) is 0 Å². The average molecular weight is 324 g/mol. The minimum absolute atomic E-state index is 0.197. The fourth-order valence-electron chi connectivity index (χ4n) is 1.42. The van der Waals surface area contributed by atoms with Gasteiger partial charge in [-0.25, -0.2) is 0 Å². The Bertz CT molecular complexity index is 271. The van der Waals surface area contributed by atoms with E-state index in [-0.39, 0.29) is 18.0 Å². The van der Waals surface area contributed by atoms with E-state index in [2.05, 4.69) is 22.6 Å². The van der Waals surface area contributed by atoms with Crippen molar-refractivity contribution in [2.24, 2.45) is 0 Å². The lowest BCUT2D eigenvalue weighted by Gasteiger charge is -2.35. The van der Waals surface area contributed by atoms with Gasteiger partial charge in [-0.1, -0.05) is 22.6 Å². The summed E-state index contributed by atoms with van der Waals surface area (Å²) in [5, 5.41) is 0. The number of ether oxygens (including phenoxy) is 2. The van der Waals surface area contributed by atoms with Crippen LogP contribution in [0, 0.1) is 0 Å². The maximum absolute atomic E-state index is 11.3. The summed E-state index contributed by atoms with van der Waals surface area (Å²) in [7, 11) is 0. The van der Waals surface area contributed by atoms with Crippen LogP contribution in [-0.2, 0) is 14.3 Å². The molecule has 0 saturated carbocycles. The highest BCUT2D eigenvalue weighted by atomic mass is 127. The Morgan fingerprint density at radius 1 is 1.73 bits per heavy atom. The first-order valence-electron chi connectivity index (χ1n) is 5.13. The van der Waals surface area contributed by atoms with E-state index in [0.717, 1.165) is 12.2 Å². The Kier molecular flexibility index (Phi) is 4.43. The molecule has 0 N–H and O–H groups in total. The van der Waals surface area contributed by atoms with Crippen molar-refractivity contribution in [3.8, 4) is 0 Å². The average Bonchev–Trinajstić information content (AvgIpc) is 2.11. The predicted octanol–water partition coefficient (Wildman–Crippen LogP) is 2.83. The van der Waals surface area contributed by atoms with Crippen molar-refractivity contribution in [1.82, 2.24) is 0 Å². The van der Waals surface area contributed by atoms with Crippen molar-refractivity contribution in [2.75, 3.05) is 6.61 Å². The normalized spacial score (nSPS) is 24.0. The van der Waals surface area contributed by atoms with Gasteiger partial charge in [0.15, 0.2) is 0 Å². The molecule has 0 aromatic carbocycles. The van der Waals surface area contributed by atoms with Crippen LogP contribution in [0.2, 0.25) is 0 Å². The van der Waals surface area contributed by atoms with E-state index in [9.17, 15) is 4.79 Å². The molecule has 1 heterocycles. The summed E-state index contributed by atoms with van der Waals surface area (Å²) >= 11 is 2.37. The molecule has 0 saturated heterocycles. The molecule has 0 spiro atoms. The molecule has 1 aliphatic rings. The van der Waals surface area contributed by atoms with E-state index in [4.69, 9.17) is 9.47 Å². The van der Waals surface area contributed by atoms with Crippen LogP contribution in [-0.4, -0.2) is 22.1 Å². The maximum Gasteiger partial charge on any atom is 0.313 e. The van der Waals surface area contributed by atoms with Crippen LogP contribution in [0.4, 0.5) is 0 Å². The van der Waals surface area contributed by atoms with Crippen molar-refractivity contribution in [3.63, 3.8) is 0 Å². The number of alkyl halides is 1. The second-order valence-electron chi connectivity index (χ2n) is 4.06. The molecule has 0 bridgehead atoms. The summed E-state index contributed by atoms with van der Waals surface area (Å²) < 4.78 is 11.1. The molecule has 0 amide bonds. The molecular weight excluding hydrogens is 307 g/mol. The molecule has 0 aliphatic carbocycles. The highest BCUT2D eigenvalue weighted by molar-refractivity contribution is 14.1. The SMILES string of the molecule is CCOC(=O)CC1=CCC(I)C(C)(C)O1. The van der Waals surface area contributed by atoms with Crippen molar-refractivity contribution in [1.29, 1.82) is 0 Å². The molecular formula is C11H17IO3. The standard InChI is InChI=1S/C11H17IO3/c1-4-14-10(13)7-8-5-6-9(12)11(2,3)15-8/h5,9H,4,6-7H2,1-3H3. The fraction of sp³-hybridized carbons (Fsp3) is 0.727. The number of carbonyl (C=O) groups excluding carboxylic acids is 1. The maximum atomic E-state index is 11.3. The van der Waals surface area contributed by atoms with Gasteiger partial charge in [0.2, 0.25) is 0 Å². The molecule has 15 heavy (non-hydrogen) atoms. The number of hydrogen-bond acceptors (Lipinski definition) is 3. The zero-order valence-corrected chi connectivity index (χ0v) is 11.5. The Morgan fingerprint density at radius 3 is 2.93 bits per heavy atom. The molecule has 0 fully saturated rings. The lowest BCUT2D eigenvalue weighted by molar-refractivity contribution is -0.143. The third-order valence-corrected chi connectivity index (χ3v) is 4.33. The van der Waals surface area contributed by atoms with Gasteiger partial charge in [-0.2, -0.15) is 0 Å². The number of carbonyl (C=O) groups is 1. The van der Waals surface area contributed by atoms with E-state index in [1.54, 1.807) is 6.92 Å². The topological polar surface area (TPSA) is 35.5 Å². The molecule has 1 aliphatic heterocycles. The summed E-state index contributed by atoms with van der Waals surface area (Å²) in [6, 6.07) is 0. The Labute approximate surface area is 104 Å². The number of rotatable bonds is 3. The minimum Gasteiger partial charge on any atom is -0.491 e. The van der Waals surface area contributed by atoms with E-state index in [1.807, 2.05) is 19.9 Å². The summed E-state index contributed by atoms with van der Waals surface area (Å²) in [4.78, 5) is 11.3. The smallest absolute Gasteiger partial charge is 0.313 e. The number of allylic oxidation sites excluding steroid dienone is 1. The van der Waals surface area contributed by atoms with Gasteiger partial charge in [0.1, 0.15) is 17.8 Å². The molecule has 0 radical (unpaired) electrons. The number of esters is 1. The highest BCUT2D eigenvalue weighted by Gasteiger charge is 2.33. The fourth-order valence-corrected chi connectivity index (χ4v) is 1.81. The lowest BCUT2D eigenvalue weighted by atomic mass is 9.99. The zero-order chi connectivity index (χ0) is 11.5. The van der Waals surface area contributed by atoms with Gasteiger partial charge in [0, 0.05) is 0 Å². The van der Waals surface area contributed by atoms with Gasteiger partial charge in [-0.3, -0.25) is 4.79 Å². The van der Waals surface area contributed by atoms with E-state index >= 15 is 0 Å². The summed E-state index contributed by atoms with van der Waals surface area (Å²) in [6.07, 6.45) is 3.18. The summed E-state index contributed by atoms with van der Waals surface area (Å²) in [6.45, 7) is 6.31. The van der Waals surface area contributed by atoms with Crippen molar-refractivity contribution in [3.05, 3.63) is 11.8 Å². The van der Waals surface area contributed by atoms with E-state index < -0.39 is 0 Å². The van der Waals surface area contributed by atoms with Crippen LogP contribution in [0.15, 0.2) is 11.8 Å². The highest BCUT2D eigenvalue weighted by Crippen LogP contribution is 2.33. The Morgan fingerprint density at radius 2 is 2.40 bits per heavy atom. The third-order valence-electron chi connectivity index (χ3n) is 2.32. The van der Waals surface area contributed by atoms with Gasteiger partial charge in [0.05, 0.1) is 10.5 Å². The van der Waals surface area contributed by atoms with Gasteiger partial charge >= 0.3 is 5.97 Å². The van der Waals surface area contributed by atoms with Crippen LogP contribution in [0.5, 0.6) is 0 Å². The summed E-state index contributed by atoms with van der Waals surface area (Å²) in [5.41, 5.74) is -0.197. The lowest BCUT2D eigenvalue weighted by Crippen LogP contribution is -2.37. The quantitative estimate of drug-likeness (QED) is 0.455. The van der Waals surface area contributed by atoms with Crippen LogP contribution in [0.25, 0.3) is 0 Å². The first-order valence-corrected chi connectivity index (χ1v) is 6.38. The Hall–Kier alpha value is -0.260. The van der Waals surface area contributed by atoms with Crippen LogP contribution in [0.3, 0.4) is 0 Å². The third kappa shape index (κ3) is 3.66. The molecule has 86 valence electrons. The first kappa shape index (κ1) is 12.8. The van der Waals surface area contributed by atoms with Gasteiger partial charge < -0.3 is 9.47 Å². The van der Waals surface area contributed by atoms with Crippen molar-refractivity contribution in [2.45, 2.75) is 43.1 Å². The van der Waals surface area contributed by atoms with Crippen LogP contribution >= 0.6 is 22.6 Å². The van der Waals surface area contributed by atoms with Crippen LogP contribution in [0.1, 0.15) is 33.6 Å². The Balaban J connectivity index is 2.54. The van der Waals surface area contributed by atoms with Gasteiger partial charge in [-0.05, 0) is 33.3 Å². The summed E-state index contributed by atoms with van der Waals surface area (Å²) in [5.74, 6) is 0.526.